The van der Waals surface area contributed by atoms with Crippen molar-refractivity contribution in [2.75, 3.05) is 6.61 Å². The minimum Gasteiger partial charge on any atom is -0.396 e. The number of rotatable bonds is 6. The number of aliphatic hydroxyl groups excluding tert-OH is 1. The van der Waals surface area contributed by atoms with Gasteiger partial charge in [-0.3, -0.25) is 0 Å². The standard InChI is InChI=1S/C11H24O/c1-5-6-7-10(2)11(3,4)8-9-12/h10,12H,5-9H2,1-4H3. The molecule has 0 aromatic carbocycles. The van der Waals surface area contributed by atoms with Crippen LogP contribution in [0.1, 0.15) is 53.4 Å². The molecule has 1 atom stereocenters. The Balaban J connectivity index is 3.79. The van der Waals surface area contributed by atoms with E-state index in [1.165, 1.54) is 19.3 Å². The summed E-state index contributed by atoms with van der Waals surface area (Å²) in [5.74, 6) is 0.726. The molecule has 0 fully saturated rings. The molecule has 1 N–H and O–H groups in total. The van der Waals surface area contributed by atoms with E-state index in [0.717, 1.165) is 12.3 Å². The van der Waals surface area contributed by atoms with Crippen molar-refractivity contribution in [1.29, 1.82) is 0 Å². The highest BCUT2D eigenvalue weighted by atomic mass is 16.3. The largest absolute Gasteiger partial charge is 0.396 e. The molecule has 0 spiro atoms. The van der Waals surface area contributed by atoms with Gasteiger partial charge in [-0.1, -0.05) is 47.0 Å². The molecule has 0 aromatic rings. The van der Waals surface area contributed by atoms with Gasteiger partial charge in [0, 0.05) is 6.61 Å². The summed E-state index contributed by atoms with van der Waals surface area (Å²) in [4.78, 5) is 0. The molecule has 0 saturated carbocycles. The van der Waals surface area contributed by atoms with Crippen molar-refractivity contribution in [3.8, 4) is 0 Å². The highest BCUT2D eigenvalue weighted by Crippen LogP contribution is 2.33. The lowest BCUT2D eigenvalue weighted by molar-refractivity contribution is 0.147. The van der Waals surface area contributed by atoms with Gasteiger partial charge in [0.15, 0.2) is 0 Å². The normalized spacial score (nSPS) is 14.8. The molecule has 0 radical (unpaired) electrons. The molecule has 0 aliphatic rings. The van der Waals surface area contributed by atoms with Crippen molar-refractivity contribution in [3.63, 3.8) is 0 Å². The summed E-state index contributed by atoms with van der Waals surface area (Å²) >= 11 is 0. The molecule has 12 heavy (non-hydrogen) atoms. The molecule has 0 saturated heterocycles. The lowest BCUT2D eigenvalue weighted by atomic mass is 9.75. The van der Waals surface area contributed by atoms with Gasteiger partial charge in [-0.2, -0.15) is 0 Å². The van der Waals surface area contributed by atoms with Gasteiger partial charge in [0.2, 0.25) is 0 Å². The summed E-state index contributed by atoms with van der Waals surface area (Å²) in [6, 6.07) is 0. The van der Waals surface area contributed by atoms with Crippen LogP contribution in [0.15, 0.2) is 0 Å². The molecule has 0 aromatic heterocycles. The van der Waals surface area contributed by atoms with E-state index in [0.29, 0.717) is 12.0 Å². The van der Waals surface area contributed by atoms with Crippen LogP contribution in [0.5, 0.6) is 0 Å². The maximum Gasteiger partial charge on any atom is 0.0436 e. The van der Waals surface area contributed by atoms with E-state index in [1.807, 2.05) is 0 Å². The summed E-state index contributed by atoms with van der Waals surface area (Å²) in [7, 11) is 0. The van der Waals surface area contributed by atoms with Gasteiger partial charge in [-0.15, -0.1) is 0 Å². The third kappa shape index (κ3) is 4.10. The molecule has 1 unspecified atom stereocenters. The second kappa shape index (κ2) is 5.58. The van der Waals surface area contributed by atoms with Crippen molar-refractivity contribution in [2.45, 2.75) is 53.4 Å². The van der Waals surface area contributed by atoms with E-state index < -0.39 is 0 Å². The van der Waals surface area contributed by atoms with E-state index in [4.69, 9.17) is 5.11 Å². The van der Waals surface area contributed by atoms with E-state index in [-0.39, 0.29) is 0 Å². The fraction of sp³-hybridized carbons (Fsp3) is 1.00. The maximum atomic E-state index is 8.88. The van der Waals surface area contributed by atoms with E-state index >= 15 is 0 Å². The van der Waals surface area contributed by atoms with Crippen LogP contribution >= 0.6 is 0 Å². The monoisotopic (exact) mass is 172 g/mol. The molecular formula is C11H24O. The summed E-state index contributed by atoms with van der Waals surface area (Å²) in [6.07, 6.45) is 4.82. The number of hydrogen-bond acceptors (Lipinski definition) is 1. The smallest absolute Gasteiger partial charge is 0.0436 e. The maximum absolute atomic E-state index is 8.88. The highest BCUT2D eigenvalue weighted by molar-refractivity contribution is 4.74. The molecule has 1 nitrogen and oxygen atoms in total. The first-order valence-corrected chi connectivity index (χ1v) is 5.15. The molecule has 0 rings (SSSR count). The van der Waals surface area contributed by atoms with Crippen LogP contribution in [0, 0.1) is 11.3 Å². The quantitative estimate of drug-likeness (QED) is 0.652. The fourth-order valence-corrected chi connectivity index (χ4v) is 1.44. The minimum absolute atomic E-state index is 0.309. The summed E-state index contributed by atoms with van der Waals surface area (Å²) in [6.45, 7) is 9.35. The molecule has 0 bridgehead atoms. The van der Waals surface area contributed by atoms with Crippen molar-refractivity contribution in [2.24, 2.45) is 11.3 Å². The average Bonchev–Trinajstić information content (AvgIpc) is 2.00. The predicted molar refractivity (Wildman–Crippen MR) is 54.2 cm³/mol. The van der Waals surface area contributed by atoms with E-state index in [9.17, 15) is 0 Å². The van der Waals surface area contributed by atoms with Crippen LogP contribution in [0.3, 0.4) is 0 Å². The van der Waals surface area contributed by atoms with Crippen molar-refractivity contribution in [3.05, 3.63) is 0 Å². The Labute approximate surface area is 77.2 Å². The third-order valence-corrected chi connectivity index (χ3v) is 3.08. The predicted octanol–water partition coefficient (Wildman–Crippen LogP) is 3.22. The zero-order valence-corrected chi connectivity index (χ0v) is 9.06. The Bertz CT molecular complexity index is 108. The average molecular weight is 172 g/mol. The number of hydrogen-bond donors (Lipinski definition) is 1. The van der Waals surface area contributed by atoms with Crippen LogP contribution in [0.4, 0.5) is 0 Å². The second-order valence-electron chi connectivity index (χ2n) is 4.51. The van der Waals surface area contributed by atoms with Gasteiger partial charge in [-0.05, 0) is 17.8 Å². The van der Waals surface area contributed by atoms with Crippen molar-refractivity contribution >= 4 is 0 Å². The zero-order valence-electron chi connectivity index (χ0n) is 9.06. The minimum atomic E-state index is 0.309. The Morgan fingerprint density at radius 3 is 2.33 bits per heavy atom. The van der Waals surface area contributed by atoms with Crippen LogP contribution in [0.2, 0.25) is 0 Å². The zero-order chi connectivity index (χ0) is 9.61. The first-order valence-electron chi connectivity index (χ1n) is 5.15. The second-order valence-corrected chi connectivity index (χ2v) is 4.51. The van der Waals surface area contributed by atoms with Crippen LogP contribution in [-0.2, 0) is 0 Å². The molecular weight excluding hydrogens is 148 g/mol. The van der Waals surface area contributed by atoms with Gasteiger partial charge >= 0.3 is 0 Å². The molecule has 0 heterocycles. The van der Waals surface area contributed by atoms with Crippen LogP contribution in [0.25, 0.3) is 0 Å². The first kappa shape index (κ1) is 12.0. The Morgan fingerprint density at radius 1 is 1.33 bits per heavy atom. The summed E-state index contributed by atoms with van der Waals surface area (Å²) in [5.41, 5.74) is 0.309. The molecule has 0 amide bonds. The lowest BCUT2D eigenvalue weighted by Crippen LogP contribution is -2.22. The van der Waals surface area contributed by atoms with Gasteiger partial charge in [0.1, 0.15) is 0 Å². The van der Waals surface area contributed by atoms with Gasteiger partial charge in [-0.25, -0.2) is 0 Å². The Hall–Kier alpha value is -0.0400. The third-order valence-electron chi connectivity index (χ3n) is 3.08. The fourth-order valence-electron chi connectivity index (χ4n) is 1.44. The number of aliphatic hydroxyl groups is 1. The van der Waals surface area contributed by atoms with Crippen LogP contribution < -0.4 is 0 Å². The summed E-state index contributed by atoms with van der Waals surface area (Å²) in [5, 5.41) is 8.88. The topological polar surface area (TPSA) is 20.2 Å². The molecule has 0 aliphatic heterocycles. The van der Waals surface area contributed by atoms with Gasteiger partial charge in [0.05, 0.1) is 0 Å². The van der Waals surface area contributed by atoms with Crippen LogP contribution in [-0.4, -0.2) is 11.7 Å². The number of unbranched alkanes of at least 4 members (excludes halogenated alkanes) is 1. The lowest BCUT2D eigenvalue weighted by Gasteiger charge is -2.31. The van der Waals surface area contributed by atoms with Crippen molar-refractivity contribution < 1.29 is 5.11 Å². The van der Waals surface area contributed by atoms with E-state index in [1.54, 1.807) is 0 Å². The molecule has 0 aliphatic carbocycles. The molecule has 74 valence electrons. The van der Waals surface area contributed by atoms with E-state index in [2.05, 4.69) is 27.7 Å². The SMILES string of the molecule is CCCCC(C)C(C)(C)CCO. The van der Waals surface area contributed by atoms with Gasteiger partial charge < -0.3 is 5.11 Å². The summed E-state index contributed by atoms with van der Waals surface area (Å²) < 4.78 is 0. The molecule has 1 heteroatoms. The Morgan fingerprint density at radius 2 is 1.92 bits per heavy atom. The van der Waals surface area contributed by atoms with Crippen molar-refractivity contribution in [1.82, 2.24) is 0 Å². The first-order chi connectivity index (χ1) is 5.54. The highest BCUT2D eigenvalue weighted by Gasteiger charge is 2.24. The Kier molecular flexibility index (Phi) is 5.56. The van der Waals surface area contributed by atoms with Gasteiger partial charge in [0.25, 0.3) is 0 Å².